The van der Waals surface area contributed by atoms with E-state index in [0.29, 0.717) is 0 Å². The highest BCUT2D eigenvalue weighted by Crippen LogP contribution is 2.28. The summed E-state index contributed by atoms with van der Waals surface area (Å²) in [5, 5.41) is 46.9. The van der Waals surface area contributed by atoms with E-state index in [1.165, 1.54) is 0 Å². The van der Waals surface area contributed by atoms with Crippen LogP contribution in [0, 0.1) is 0 Å². The fourth-order valence-corrected chi connectivity index (χ4v) is 2.14. The van der Waals surface area contributed by atoms with Crippen LogP contribution in [-0.2, 0) is 4.74 Å². The molecule has 1 fully saturated rings. The predicted octanol–water partition coefficient (Wildman–Crippen LogP) is -3.83. The average molecular weight is 304 g/mol. The summed E-state index contributed by atoms with van der Waals surface area (Å²) in [4.78, 5) is 25.2. The number of hydrogen-bond donors (Lipinski definition) is 6. The number of aliphatic hydroxyl groups is 5. The molecular formula is C11H16N2O8. The van der Waals surface area contributed by atoms with Crippen LogP contribution >= 0.6 is 0 Å². The number of aromatic nitrogens is 2. The third kappa shape index (κ3) is 2.77. The van der Waals surface area contributed by atoms with Gasteiger partial charge >= 0.3 is 5.69 Å². The molecule has 1 aliphatic heterocycles. The first-order valence-corrected chi connectivity index (χ1v) is 6.17. The molecule has 0 spiro atoms. The molecule has 0 radical (unpaired) electrons. The second-order valence-corrected chi connectivity index (χ2v) is 4.68. The van der Waals surface area contributed by atoms with Crippen LogP contribution in [0.4, 0.5) is 0 Å². The smallest absolute Gasteiger partial charge is 0.330 e. The van der Waals surface area contributed by atoms with Crippen LogP contribution in [0.25, 0.3) is 0 Å². The van der Waals surface area contributed by atoms with Gasteiger partial charge in [0.2, 0.25) is 0 Å². The zero-order valence-electron chi connectivity index (χ0n) is 10.8. The lowest BCUT2D eigenvalue weighted by molar-refractivity contribution is -0.0554. The monoisotopic (exact) mass is 304 g/mol. The number of nitrogens with zero attached hydrogens (tertiary/aromatic N) is 1. The topological polar surface area (TPSA) is 165 Å². The molecule has 2 rings (SSSR count). The molecule has 5 atom stereocenters. The Labute approximate surface area is 117 Å². The maximum absolute atomic E-state index is 11.8. The van der Waals surface area contributed by atoms with E-state index in [9.17, 15) is 24.9 Å². The number of aliphatic hydroxyl groups excluding tert-OH is 5. The molecule has 1 aliphatic rings. The van der Waals surface area contributed by atoms with Crippen LogP contribution in [0.2, 0.25) is 0 Å². The van der Waals surface area contributed by atoms with Crippen LogP contribution in [0.5, 0.6) is 0 Å². The summed E-state index contributed by atoms with van der Waals surface area (Å²) in [6.45, 7) is -1.31. The minimum Gasteiger partial charge on any atom is -0.394 e. The zero-order valence-corrected chi connectivity index (χ0v) is 10.8. The first kappa shape index (κ1) is 15.8. The fourth-order valence-electron chi connectivity index (χ4n) is 2.14. The lowest BCUT2D eigenvalue weighted by Gasteiger charge is -2.18. The fraction of sp³-hybridized carbons (Fsp3) is 0.636. The molecule has 21 heavy (non-hydrogen) atoms. The Morgan fingerprint density at radius 3 is 2.48 bits per heavy atom. The van der Waals surface area contributed by atoms with Gasteiger partial charge in [-0.15, -0.1) is 0 Å². The van der Waals surface area contributed by atoms with E-state index in [4.69, 9.17) is 14.9 Å². The van der Waals surface area contributed by atoms with Crippen molar-refractivity contribution in [3.05, 3.63) is 32.6 Å². The molecule has 1 aromatic rings. The Balaban J connectivity index is 2.45. The van der Waals surface area contributed by atoms with E-state index in [-0.39, 0.29) is 5.56 Å². The predicted molar refractivity (Wildman–Crippen MR) is 66.4 cm³/mol. The molecule has 2 heterocycles. The van der Waals surface area contributed by atoms with Crippen LogP contribution < -0.4 is 11.2 Å². The quantitative estimate of drug-likeness (QED) is 0.329. The van der Waals surface area contributed by atoms with Gasteiger partial charge in [0.1, 0.15) is 24.4 Å². The highest BCUT2D eigenvalue weighted by Gasteiger charge is 2.43. The third-order valence-corrected chi connectivity index (χ3v) is 3.32. The molecule has 10 nitrogen and oxygen atoms in total. The lowest BCUT2D eigenvalue weighted by Crippen LogP contribution is -2.39. The number of hydrogen-bond acceptors (Lipinski definition) is 8. The van der Waals surface area contributed by atoms with Gasteiger partial charge in [0.05, 0.1) is 18.8 Å². The maximum Gasteiger partial charge on any atom is 0.330 e. The van der Waals surface area contributed by atoms with Gasteiger partial charge in [-0.1, -0.05) is 0 Å². The Kier molecular flexibility index (Phi) is 4.56. The van der Waals surface area contributed by atoms with E-state index in [1.54, 1.807) is 0 Å². The van der Waals surface area contributed by atoms with Crippen LogP contribution in [0.1, 0.15) is 17.9 Å². The number of aromatic amines is 1. The molecule has 0 bridgehead atoms. The molecule has 118 valence electrons. The molecule has 1 aromatic heterocycles. The Morgan fingerprint density at radius 2 is 1.95 bits per heavy atom. The molecule has 0 aromatic carbocycles. The minimum atomic E-state index is -1.52. The van der Waals surface area contributed by atoms with Crippen molar-refractivity contribution in [2.24, 2.45) is 0 Å². The molecular weight excluding hydrogens is 288 g/mol. The first-order valence-electron chi connectivity index (χ1n) is 6.17. The molecule has 0 aliphatic carbocycles. The van der Waals surface area contributed by atoms with Crippen molar-refractivity contribution in [1.82, 2.24) is 9.55 Å². The highest BCUT2D eigenvalue weighted by atomic mass is 16.6. The van der Waals surface area contributed by atoms with E-state index >= 15 is 0 Å². The van der Waals surface area contributed by atoms with Gasteiger partial charge in [0, 0.05) is 6.20 Å². The van der Waals surface area contributed by atoms with Gasteiger partial charge < -0.3 is 30.3 Å². The van der Waals surface area contributed by atoms with Gasteiger partial charge in [0.25, 0.3) is 5.56 Å². The second-order valence-electron chi connectivity index (χ2n) is 4.68. The minimum absolute atomic E-state index is 0.296. The Hall–Kier alpha value is -1.56. The van der Waals surface area contributed by atoms with Crippen molar-refractivity contribution < 1.29 is 30.3 Å². The van der Waals surface area contributed by atoms with Crippen molar-refractivity contribution in [2.75, 3.05) is 13.2 Å². The highest BCUT2D eigenvalue weighted by molar-refractivity contribution is 5.09. The Morgan fingerprint density at radius 1 is 1.29 bits per heavy atom. The average Bonchev–Trinajstić information content (AvgIpc) is 2.74. The van der Waals surface area contributed by atoms with E-state index in [2.05, 4.69) is 0 Å². The summed E-state index contributed by atoms with van der Waals surface area (Å²) in [5.41, 5.74) is -2.11. The standard InChI is InChI=1S/C11H16N2O8/c14-2-5(16)4-1-13(11(20)12-9(4)19)10-8(18)7(17)6(3-15)21-10/h1,5-8,10,14-18H,2-3H2,(H,12,19,20)/t5?,6-,7-,8-,10+/m1/s1. The summed E-state index contributed by atoms with van der Waals surface area (Å²) in [5.74, 6) is 0. The van der Waals surface area contributed by atoms with E-state index < -0.39 is 55.1 Å². The van der Waals surface area contributed by atoms with Crippen LogP contribution in [0.15, 0.2) is 15.8 Å². The van der Waals surface area contributed by atoms with Crippen molar-refractivity contribution >= 4 is 0 Å². The molecule has 10 heteroatoms. The van der Waals surface area contributed by atoms with Crippen molar-refractivity contribution in [3.63, 3.8) is 0 Å². The molecule has 0 saturated carbocycles. The molecule has 6 N–H and O–H groups in total. The number of rotatable bonds is 4. The van der Waals surface area contributed by atoms with E-state index in [0.717, 1.165) is 10.8 Å². The van der Waals surface area contributed by atoms with E-state index in [1.807, 2.05) is 4.98 Å². The zero-order chi connectivity index (χ0) is 15.7. The van der Waals surface area contributed by atoms with Gasteiger partial charge in [-0.25, -0.2) is 4.79 Å². The second kappa shape index (κ2) is 6.05. The summed E-state index contributed by atoms with van der Waals surface area (Å²) in [7, 11) is 0. The maximum atomic E-state index is 11.8. The van der Waals surface area contributed by atoms with Crippen molar-refractivity contribution in [2.45, 2.75) is 30.6 Å². The molecule has 1 saturated heterocycles. The molecule has 0 amide bonds. The lowest BCUT2D eigenvalue weighted by atomic mass is 10.1. The normalized spacial score (nSPS) is 30.5. The van der Waals surface area contributed by atoms with Crippen LogP contribution in [0.3, 0.4) is 0 Å². The molecule has 1 unspecified atom stereocenters. The summed E-state index contributed by atoms with van der Waals surface area (Å²) >= 11 is 0. The van der Waals surface area contributed by atoms with Crippen molar-refractivity contribution in [1.29, 1.82) is 0 Å². The van der Waals surface area contributed by atoms with Crippen LogP contribution in [-0.4, -0.2) is 66.6 Å². The number of nitrogens with one attached hydrogen (secondary N) is 1. The summed E-state index contributed by atoms with van der Waals surface area (Å²) in [6.07, 6.45) is -5.93. The van der Waals surface area contributed by atoms with Gasteiger partial charge in [-0.2, -0.15) is 0 Å². The summed E-state index contributed by atoms with van der Waals surface area (Å²) in [6, 6.07) is 0. The van der Waals surface area contributed by atoms with Gasteiger partial charge in [0.15, 0.2) is 6.23 Å². The van der Waals surface area contributed by atoms with Gasteiger partial charge in [-0.05, 0) is 0 Å². The largest absolute Gasteiger partial charge is 0.394 e. The summed E-state index contributed by atoms with van der Waals surface area (Å²) < 4.78 is 5.93. The number of ether oxygens (including phenoxy) is 1. The third-order valence-electron chi connectivity index (χ3n) is 3.32. The SMILES string of the molecule is O=c1[nH]c(=O)n([C@H]2O[C@H](CO)[C@@H](O)[C@H]2O)cc1C(O)CO. The first-order chi connectivity index (χ1) is 9.90. The van der Waals surface area contributed by atoms with Crippen molar-refractivity contribution in [3.8, 4) is 0 Å². The van der Waals surface area contributed by atoms with Gasteiger partial charge in [-0.3, -0.25) is 14.3 Å². The Bertz CT molecular complexity index is 611. The number of H-pyrrole nitrogens is 1.